The predicted octanol–water partition coefficient (Wildman–Crippen LogP) is 1.84. The second kappa shape index (κ2) is 11.5. The van der Waals surface area contributed by atoms with Crippen LogP contribution in [0.5, 0.6) is 0 Å². The van der Waals surface area contributed by atoms with E-state index in [1.807, 2.05) is 0 Å². The van der Waals surface area contributed by atoms with Gasteiger partial charge in [-0.15, -0.1) is 24.0 Å². The van der Waals surface area contributed by atoms with Crippen molar-refractivity contribution in [2.75, 3.05) is 46.3 Å². The van der Waals surface area contributed by atoms with Crippen molar-refractivity contribution in [1.82, 2.24) is 20.4 Å². The Morgan fingerprint density at radius 1 is 1.09 bits per heavy atom. The van der Waals surface area contributed by atoms with E-state index in [0.29, 0.717) is 18.0 Å². The quantitative estimate of drug-likeness (QED) is 0.387. The number of piperazine rings is 1. The summed E-state index contributed by atoms with van der Waals surface area (Å²) in [5.41, 5.74) is 0. The van der Waals surface area contributed by atoms with Crippen molar-refractivity contribution >= 4 is 29.9 Å². The first-order chi connectivity index (χ1) is 9.93. The summed E-state index contributed by atoms with van der Waals surface area (Å²) in [5, 5.41) is 6.84. The van der Waals surface area contributed by atoms with Gasteiger partial charge in [-0.2, -0.15) is 0 Å². The zero-order valence-corrected chi connectivity index (χ0v) is 17.6. The molecule has 1 heterocycles. The molecule has 22 heavy (non-hydrogen) atoms. The van der Waals surface area contributed by atoms with E-state index in [9.17, 15) is 0 Å². The van der Waals surface area contributed by atoms with E-state index in [0.717, 1.165) is 45.2 Å². The smallest absolute Gasteiger partial charge is 0.191 e. The molecule has 0 radical (unpaired) electrons. The molecule has 0 bridgehead atoms. The average Bonchev–Trinajstić information content (AvgIpc) is 2.45. The first-order valence-corrected chi connectivity index (χ1v) is 8.41. The van der Waals surface area contributed by atoms with Crippen molar-refractivity contribution < 1.29 is 0 Å². The van der Waals surface area contributed by atoms with Gasteiger partial charge in [0, 0.05) is 44.8 Å². The van der Waals surface area contributed by atoms with Gasteiger partial charge in [0.2, 0.25) is 0 Å². The maximum atomic E-state index is 4.77. The highest BCUT2D eigenvalue weighted by Crippen LogP contribution is 2.05. The minimum absolute atomic E-state index is 0. The lowest BCUT2D eigenvalue weighted by atomic mass is 10.1. The Kier molecular flexibility index (Phi) is 11.4. The topological polar surface area (TPSA) is 42.9 Å². The van der Waals surface area contributed by atoms with E-state index >= 15 is 0 Å². The van der Waals surface area contributed by atoms with Gasteiger partial charge in [-0.1, -0.05) is 13.8 Å². The van der Waals surface area contributed by atoms with E-state index < -0.39 is 0 Å². The Morgan fingerprint density at radius 3 is 2.18 bits per heavy atom. The molecule has 0 saturated carbocycles. The lowest BCUT2D eigenvalue weighted by Crippen LogP contribution is -2.49. The van der Waals surface area contributed by atoms with Crippen LogP contribution in [0.4, 0.5) is 0 Å². The van der Waals surface area contributed by atoms with Crippen LogP contribution in [0.25, 0.3) is 0 Å². The third-order valence-corrected chi connectivity index (χ3v) is 4.38. The number of nitrogens with one attached hydrogen (secondary N) is 2. The molecule has 1 rings (SSSR count). The summed E-state index contributed by atoms with van der Waals surface area (Å²) in [5.74, 6) is 1.54. The van der Waals surface area contributed by atoms with E-state index in [4.69, 9.17) is 4.99 Å². The van der Waals surface area contributed by atoms with E-state index in [1.54, 1.807) is 0 Å². The van der Waals surface area contributed by atoms with Crippen molar-refractivity contribution in [2.45, 2.75) is 46.7 Å². The summed E-state index contributed by atoms with van der Waals surface area (Å²) in [6, 6.07) is 0.935. The average molecular weight is 425 g/mol. The van der Waals surface area contributed by atoms with Crippen molar-refractivity contribution in [2.24, 2.45) is 10.9 Å². The van der Waals surface area contributed by atoms with Gasteiger partial charge in [-0.25, -0.2) is 0 Å². The van der Waals surface area contributed by atoms with Crippen molar-refractivity contribution in [3.05, 3.63) is 0 Å². The summed E-state index contributed by atoms with van der Waals surface area (Å²) in [6.45, 7) is 17.4. The molecule has 1 aliphatic heterocycles. The Morgan fingerprint density at radius 2 is 1.68 bits per heavy atom. The number of aliphatic imine (C=N–C) groups is 1. The van der Waals surface area contributed by atoms with Crippen LogP contribution < -0.4 is 10.6 Å². The molecular weight excluding hydrogens is 389 g/mol. The Hall–Kier alpha value is -0.0800. The van der Waals surface area contributed by atoms with E-state index in [-0.39, 0.29) is 24.0 Å². The maximum Gasteiger partial charge on any atom is 0.191 e. The fourth-order valence-corrected chi connectivity index (χ4v) is 2.30. The van der Waals surface area contributed by atoms with Gasteiger partial charge in [-0.05, 0) is 33.7 Å². The molecule has 0 aromatic rings. The van der Waals surface area contributed by atoms with Crippen molar-refractivity contribution in [3.8, 4) is 0 Å². The fraction of sp³-hybridized carbons (Fsp3) is 0.938. The largest absolute Gasteiger partial charge is 0.357 e. The highest BCUT2D eigenvalue weighted by atomic mass is 127. The molecular formula is C16H36IN5. The molecule has 0 spiro atoms. The monoisotopic (exact) mass is 425 g/mol. The highest BCUT2D eigenvalue weighted by Gasteiger charge is 2.19. The van der Waals surface area contributed by atoms with Gasteiger partial charge in [0.05, 0.1) is 6.54 Å². The Balaban J connectivity index is 0.00000441. The van der Waals surface area contributed by atoms with Crippen LogP contribution in [-0.2, 0) is 0 Å². The molecule has 2 N–H and O–H groups in total. The number of hydrogen-bond acceptors (Lipinski definition) is 3. The molecule has 1 aliphatic rings. The number of rotatable bonds is 6. The molecule has 132 valence electrons. The number of nitrogens with zero attached hydrogens (tertiary/aromatic N) is 3. The number of hydrogen-bond donors (Lipinski definition) is 2. The van der Waals surface area contributed by atoms with E-state index in [1.165, 1.54) is 0 Å². The molecule has 1 saturated heterocycles. The molecule has 2 unspecified atom stereocenters. The van der Waals surface area contributed by atoms with Gasteiger partial charge in [-0.3, -0.25) is 9.89 Å². The first-order valence-electron chi connectivity index (χ1n) is 8.41. The predicted molar refractivity (Wildman–Crippen MR) is 107 cm³/mol. The van der Waals surface area contributed by atoms with Crippen LogP contribution >= 0.6 is 24.0 Å². The van der Waals surface area contributed by atoms with Crippen LogP contribution in [0.1, 0.15) is 34.6 Å². The number of likely N-dealkylation sites (N-methyl/N-ethyl adjacent to an activating group) is 1. The van der Waals surface area contributed by atoms with Gasteiger partial charge in [0.25, 0.3) is 0 Å². The molecule has 0 aliphatic carbocycles. The minimum Gasteiger partial charge on any atom is -0.357 e. The standard InChI is InChI=1S/C16H35N5.HI/c1-7-17-16(19-15(5)13(2)3)18-12-14(4)21-10-8-20(6)9-11-21;/h13-15H,7-12H2,1-6H3,(H2,17,18,19);1H. The SMILES string of the molecule is CCNC(=NCC(C)N1CCN(C)CC1)NC(C)C(C)C.I. The highest BCUT2D eigenvalue weighted by molar-refractivity contribution is 14.0. The van der Waals surface area contributed by atoms with Gasteiger partial charge < -0.3 is 15.5 Å². The lowest BCUT2D eigenvalue weighted by molar-refractivity contribution is 0.122. The molecule has 2 atom stereocenters. The summed E-state index contributed by atoms with van der Waals surface area (Å²) < 4.78 is 0. The lowest BCUT2D eigenvalue weighted by Gasteiger charge is -2.36. The van der Waals surface area contributed by atoms with Crippen LogP contribution in [0.15, 0.2) is 4.99 Å². The summed E-state index contributed by atoms with van der Waals surface area (Å²) in [6.07, 6.45) is 0. The van der Waals surface area contributed by atoms with Crippen LogP contribution in [0, 0.1) is 5.92 Å². The Labute approximate surface area is 154 Å². The molecule has 5 nitrogen and oxygen atoms in total. The van der Waals surface area contributed by atoms with Gasteiger partial charge in [0.15, 0.2) is 5.96 Å². The van der Waals surface area contributed by atoms with Crippen LogP contribution in [0.3, 0.4) is 0 Å². The normalized spacial score (nSPS) is 20.4. The zero-order valence-electron chi connectivity index (χ0n) is 15.2. The summed E-state index contributed by atoms with van der Waals surface area (Å²) in [4.78, 5) is 9.70. The molecule has 0 aromatic heterocycles. The minimum atomic E-state index is 0. The molecule has 0 amide bonds. The molecule has 1 fully saturated rings. The third-order valence-electron chi connectivity index (χ3n) is 4.38. The second-order valence-electron chi connectivity index (χ2n) is 6.58. The zero-order chi connectivity index (χ0) is 15.8. The third kappa shape index (κ3) is 7.97. The van der Waals surface area contributed by atoms with Crippen molar-refractivity contribution in [3.63, 3.8) is 0 Å². The number of halogens is 1. The van der Waals surface area contributed by atoms with Gasteiger partial charge in [0.1, 0.15) is 0 Å². The van der Waals surface area contributed by atoms with E-state index in [2.05, 4.69) is 62.1 Å². The summed E-state index contributed by atoms with van der Waals surface area (Å²) in [7, 11) is 2.20. The molecule has 6 heteroatoms. The fourth-order valence-electron chi connectivity index (χ4n) is 2.30. The molecule has 0 aromatic carbocycles. The Bertz CT molecular complexity index is 314. The second-order valence-corrected chi connectivity index (χ2v) is 6.58. The van der Waals surface area contributed by atoms with Crippen molar-refractivity contribution in [1.29, 1.82) is 0 Å². The van der Waals surface area contributed by atoms with Crippen LogP contribution in [0.2, 0.25) is 0 Å². The van der Waals surface area contributed by atoms with Crippen LogP contribution in [-0.4, -0.2) is 74.2 Å². The number of guanidine groups is 1. The summed E-state index contributed by atoms with van der Waals surface area (Å²) >= 11 is 0. The van der Waals surface area contributed by atoms with Gasteiger partial charge >= 0.3 is 0 Å². The first kappa shape index (κ1) is 21.9. The maximum absolute atomic E-state index is 4.77.